The molecule has 0 saturated carbocycles. The molecule has 0 spiro atoms. The molecule has 0 aliphatic heterocycles. The summed E-state index contributed by atoms with van der Waals surface area (Å²) in [7, 11) is 1.66. The van der Waals surface area contributed by atoms with E-state index in [0.717, 1.165) is 35.4 Å². The van der Waals surface area contributed by atoms with Gasteiger partial charge < -0.3 is 10.1 Å². The van der Waals surface area contributed by atoms with Gasteiger partial charge in [-0.3, -0.25) is 0 Å². The van der Waals surface area contributed by atoms with Gasteiger partial charge in [0.05, 0.1) is 13.2 Å². The zero-order valence-electron chi connectivity index (χ0n) is 12.8. The fourth-order valence-corrected chi connectivity index (χ4v) is 2.46. The third kappa shape index (κ3) is 3.82. The topological polar surface area (TPSA) is 21.3 Å². The number of methoxy groups -OCH3 is 1. The van der Waals surface area contributed by atoms with Crippen LogP contribution in [0.15, 0.2) is 42.5 Å². The molecule has 1 N–H and O–H groups in total. The third-order valence-electron chi connectivity index (χ3n) is 3.59. The standard InChI is InChI=1S/C18H22FNO/c1-4-11-20-18(14-5-8-16(21-3)9-6-14)17-10-7-15(19)12-13(17)2/h5-10,12,18,20H,4,11H2,1-3H3. The van der Waals surface area contributed by atoms with Gasteiger partial charge in [0.25, 0.3) is 0 Å². The van der Waals surface area contributed by atoms with Crippen LogP contribution in [0.2, 0.25) is 0 Å². The minimum absolute atomic E-state index is 0.0662. The average molecular weight is 287 g/mol. The molecule has 0 radical (unpaired) electrons. The molecule has 3 heteroatoms. The summed E-state index contributed by atoms with van der Waals surface area (Å²) >= 11 is 0. The Kier molecular flexibility index (Phi) is 5.34. The predicted molar refractivity (Wildman–Crippen MR) is 84.3 cm³/mol. The van der Waals surface area contributed by atoms with E-state index >= 15 is 0 Å². The Labute approximate surface area is 126 Å². The Morgan fingerprint density at radius 2 is 1.86 bits per heavy atom. The van der Waals surface area contributed by atoms with Crippen molar-refractivity contribution in [2.24, 2.45) is 0 Å². The van der Waals surface area contributed by atoms with E-state index in [2.05, 4.69) is 24.4 Å². The lowest BCUT2D eigenvalue weighted by atomic mass is 9.94. The molecule has 2 rings (SSSR count). The van der Waals surface area contributed by atoms with Gasteiger partial charge in [-0.05, 0) is 60.8 Å². The maximum atomic E-state index is 13.3. The number of rotatable bonds is 6. The third-order valence-corrected chi connectivity index (χ3v) is 3.59. The van der Waals surface area contributed by atoms with Gasteiger partial charge in [0.1, 0.15) is 11.6 Å². The Bertz CT molecular complexity index is 580. The van der Waals surface area contributed by atoms with Crippen molar-refractivity contribution >= 4 is 0 Å². The van der Waals surface area contributed by atoms with E-state index in [4.69, 9.17) is 4.74 Å². The lowest BCUT2D eigenvalue weighted by Crippen LogP contribution is -2.24. The molecule has 2 aromatic rings. The summed E-state index contributed by atoms with van der Waals surface area (Å²) in [5, 5.41) is 3.54. The molecule has 2 nitrogen and oxygen atoms in total. The second kappa shape index (κ2) is 7.23. The van der Waals surface area contributed by atoms with Gasteiger partial charge >= 0.3 is 0 Å². The van der Waals surface area contributed by atoms with Gasteiger partial charge in [0.15, 0.2) is 0 Å². The normalized spacial score (nSPS) is 12.2. The molecule has 0 saturated heterocycles. The number of benzene rings is 2. The van der Waals surface area contributed by atoms with Gasteiger partial charge in [0.2, 0.25) is 0 Å². The van der Waals surface area contributed by atoms with Crippen LogP contribution in [0.3, 0.4) is 0 Å². The van der Waals surface area contributed by atoms with E-state index in [1.807, 2.05) is 25.1 Å². The van der Waals surface area contributed by atoms with Gasteiger partial charge in [-0.1, -0.05) is 25.1 Å². The first-order chi connectivity index (χ1) is 10.2. The van der Waals surface area contributed by atoms with Crippen molar-refractivity contribution in [3.05, 3.63) is 65.0 Å². The molecule has 112 valence electrons. The number of hydrogen-bond donors (Lipinski definition) is 1. The summed E-state index contributed by atoms with van der Waals surface area (Å²) < 4.78 is 18.5. The van der Waals surface area contributed by atoms with Crippen LogP contribution < -0.4 is 10.1 Å². The van der Waals surface area contributed by atoms with Crippen LogP contribution >= 0.6 is 0 Å². The van der Waals surface area contributed by atoms with Crippen molar-refractivity contribution in [1.29, 1.82) is 0 Å². The van der Waals surface area contributed by atoms with Crippen LogP contribution in [0.1, 0.15) is 36.1 Å². The number of hydrogen-bond acceptors (Lipinski definition) is 2. The fraction of sp³-hybridized carbons (Fsp3) is 0.333. The van der Waals surface area contributed by atoms with Gasteiger partial charge in [-0.15, -0.1) is 0 Å². The van der Waals surface area contributed by atoms with Crippen molar-refractivity contribution in [2.75, 3.05) is 13.7 Å². The quantitative estimate of drug-likeness (QED) is 0.858. The van der Waals surface area contributed by atoms with Crippen LogP contribution in [0.25, 0.3) is 0 Å². The first-order valence-electron chi connectivity index (χ1n) is 7.29. The number of halogens is 1. The molecular weight excluding hydrogens is 265 g/mol. The zero-order chi connectivity index (χ0) is 15.2. The van der Waals surface area contributed by atoms with Crippen LogP contribution in [-0.4, -0.2) is 13.7 Å². The van der Waals surface area contributed by atoms with Crippen LogP contribution in [0, 0.1) is 12.7 Å². The lowest BCUT2D eigenvalue weighted by molar-refractivity contribution is 0.414. The highest BCUT2D eigenvalue weighted by atomic mass is 19.1. The maximum Gasteiger partial charge on any atom is 0.123 e. The Morgan fingerprint density at radius 3 is 2.43 bits per heavy atom. The van der Waals surface area contributed by atoms with E-state index in [1.165, 1.54) is 6.07 Å². The molecule has 21 heavy (non-hydrogen) atoms. The van der Waals surface area contributed by atoms with Gasteiger partial charge in [-0.2, -0.15) is 0 Å². The van der Waals surface area contributed by atoms with Crippen molar-refractivity contribution in [2.45, 2.75) is 26.3 Å². The second-order valence-corrected chi connectivity index (χ2v) is 5.16. The van der Waals surface area contributed by atoms with Crippen molar-refractivity contribution in [3.63, 3.8) is 0 Å². The van der Waals surface area contributed by atoms with Crippen molar-refractivity contribution < 1.29 is 9.13 Å². The molecule has 0 heterocycles. The minimum Gasteiger partial charge on any atom is -0.497 e. The molecule has 0 aliphatic rings. The predicted octanol–water partition coefficient (Wildman–Crippen LogP) is 4.23. The van der Waals surface area contributed by atoms with Gasteiger partial charge in [-0.25, -0.2) is 4.39 Å². The van der Waals surface area contributed by atoms with Gasteiger partial charge in [0, 0.05) is 0 Å². The molecule has 0 fully saturated rings. The summed E-state index contributed by atoms with van der Waals surface area (Å²) in [5.41, 5.74) is 3.22. The summed E-state index contributed by atoms with van der Waals surface area (Å²) in [5.74, 6) is 0.643. The van der Waals surface area contributed by atoms with E-state index in [-0.39, 0.29) is 11.9 Å². The number of aryl methyl sites for hydroxylation is 1. The molecule has 1 unspecified atom stereocenters. The van der Waals surface area contributed by atoms with Crippen molar-refractivity contribution in [1.82, 2.24) is 5.32 Å². The Morgan fingerprint density at radius 1 is 1.14 bits per heavy atom. The summed E-state index contributed by atoms with van der Waals surface area (Å²) in [6.07, 6.45) is 1.05. The molecule has 0 aliphatic carbocycles. The first-order valence-corrected chi connectivity index (χ1v) is 7.29. The average Bonchev–Trinajstić information content (AvgIpc) is 2.50. The first kappa shape index (κ1) is 15.5. The Balaban J connectivity index is 2.36. The van der Waals surface area contributed by atoms with E-state index in [9.17, 15) is 4.39 Å². The zero-order valence-corrected chi connectivity index (χ0v) is 12.8. The van der Waals surface area contributed by atoms with Crippen LogP contribution in [0.4, 0.5) is 4.39 Å². The summed E-state index contributed by atoms with van der Waals surface area (Å²) in [6.45, 7) is 4.99. The SMILES string of the molecule is CCCNC(c1ccc(OC)cc1)c1ccc(F)cc1C. The van der Waals surface area contributed by atoms with E-state index in [1.54, 1.807) is 13.2 Å². The largest absolute Gasteiger partial charge is 0.497 e. The molecule has 0 bridgehead atoms. The molecule has 1 atom stereocenters. The molecule has 0 aromatic heterocycles. The van der Waals surface area contributed by atoms with E-state index in [0.29, 0.717) is 0 Å². The Hall–Kier alpha value is -1.87. The number of nitrogens with one attached hydrogen (secondary N) is 1. The highest BCUT2D eigenvalue weighted by molar-refractivity contribution is 5.39. The van der Waals surface area contributed by atoms with Crippen molar-refractivity contribution in [3.8, 4) is 5.75 Å². The summed E-state index contributed by atoms with van der Waals surface area (Å²) in [4.78, 5) is 0. The number of ether oxygens (including phenoxy) is 1. The molecule has 2 aromatic carbocycles. The monoisotopic (exact) mass is 287 g/mol. The maximum absolute atomic E-state index is 13.3. The van der Waals surface area contributed by atoms with E-state index < -0.39 is 0 Å². The summed E-state index contributed by atoms with van der Waals surface area (Å²) in [6, 6.07) is 13.0. The molecular formula is C18H22FNO. The van der Waals surface area contributed by atoms with Crippen LogP contribution in [-0.2, 0) is 0 Å². The fourth-order valence-electron chi connectivity index (χ4n) is 2.46. The second-order valence-electron chi connectivity index (χ2n) is 5.16. The van der Waals surface area contributed by atoms with Crippen LogP contribution in [0.5, 0.6) is 5.75 Å². The molecule has 0 amide bonds. The minimum atomic E-state index is -0.194. The highest BCUT2D eigenvalue weighted by Gasteiger charge is 2.15. The smallest absolute Gasteiger partial charge is 0.123 e. The highest BCUT2D eigenvalue weighted by Crippen LogP contribution is 2.27. The lowest BCUT2D eigenvalue weighted by Gasteiger charge is -2.22.